The van der Waals surface area contributed by atoms with Crippen molar-refractivity contribution < 1.29 is 4.39 Å². The number of alkyl halides is 1. The molecule has 1 atom stereocenters. The Morgan fingerprint density at radius 1 is 1.05 bits per heavy atom. The van der Waals surface area contributed by atoms with Gasteiger partial charge in [0.25, 0.3) is 0 Å². The average Bonchev–Trinajstić information content (AvgIpc) is 2.92. The molecule has 104 valence electrons. The molecular formula is C18H18BrF. The Hall–Kier alpha value is -1.15. The van der Waals surface area contributed by atoms with Gasteiger partial charge in [-0.2, -0.15) is 0 Å². The summed E-state index contributed by atoms with van der Waals surface area (Å²) >= 11 is 3.57. The van der Waals surface area contributed by atoms with Crippen LogP contribution in [0, 0.1) is 5.82 Å². The van der Waals surface area contributed by atoms with Gasteiger partial charge >= 0.3 is 0 Å². The molecule has 0 aromatic heterocycles. The number of fused-ring (bicyclic) bond motifs is 1. The molecule has 0 saturated carbocycles. The van der Waals surface area contributed by atoms with Crippen molar-refractivity contribution in [2.75, 3.05) is 5.33 Å². The second kappa shape index (κ2) is 6.09. The van der Waals surface area contributed by atoms with Crippen molar-refractivity contribution in [3.63, 3.8) is 0 Å². The van der Waals surface area contributed by atoms with E-state index < -0.39 is 0 Å². The summed E-state index contributed by atoms with van der Waals surface area (Å²) in [5.41, 5.74) is 5.45. The number of benzene rings is 2. The molecule has 0 spiro atoms. The Balaban J connectivity index is 1.81. The van der Waals surface area contributed by atoms with Gasteiger partial charge in [-0.15, -0.1) is 0 Å². The fourth-order valence-electron chi connectivity index (χ4n) is 3.06. The summed E-state index contributed by atoms with van der Waals surface area (Å²) in [4.78, 5) is 0. The van der Waals surface area contributed by atoms with Gasteiger partial charge in [-0.1, -0.05) is 46.3 Å². The fourth-order valence-corrected chi connectivity index (χ4v) is 3.66. The molecule has 0 nitrogen and oxygen atoms in total. The first-order valence-electron chi connectivity index (χ1n) is 7.18. The van der Waals surface area contributed by atoms with Crippen LogP contribution < -0.4 is 0 Å². The molecule has 0 N–H and O–H groups in total. The van der Waals surface area contributed by atoms with Gasteiger partial charge in [0.1, 0.15) is 5.82 Å². The second-order valence-corrected chi connectivity index (χ2v) is 6.21. The third-order valence-corrected chi connectivity index (χ3v) is 4.93. The lowest BCUT2D eigenvalue weighted by atomic mass is 9.92. The van der Waals surface area contributed by atoms with Crippen LogP contribution in [0.2, 0.25) is 0 Å². The van der Waals surface area contributed by atoms with Crippen molar-refractivity contribution in [3.05, 3.63) is 70.5 Å². The van der Waals surface area contributed by atoms with Crippen LogP contribution in [0.25, 0.3) is 0 Å². The first-order valence-corrected chi connectivity index (χ1v) is 8.30. The van der Waals surface area contributed by atoms with Crippen molar-refractivity contribution in [1.29, 1.82) is 0 Å². The van der Waals surface area contributed by atoms with Crippen LogP contribution in [0.3, 0.4) is 0 Å². The predicted octanol–water partition coefficient (Wildman–Crippen LogP) is 5.04. The Morgan fingerprint density at radius 3 is 2.70 bits per heavy atom. The standard InChI is InChI=1S/C18H18BrF/c19-12-17(16-5-2-6-18(20)11-16)10-13-7-8-14-3-1-4-15(14)9-13/h2,5-9,11,17H,1,3-4,10,12H2. The van der Waals surface area contributed by atoms with Crippen molar-refractivity contribution in [1.82, 2.24) is 0 Å². The van der Waals surface area contributed by atoms with Crippen LogP contribution in [0.4, 0.5) is 4.39 Å². The first kappa shape index (κ1) is 13.8. The maximum absolute atomic E-state index is 13.4. The van der Waals surface area contributed by atoms with Crippen molar-refractivity contribution in [2.24, 2.45) is 0 Å². The van der Waals surface area contributed by atoms with Gasteiger partial charge in [-0.25, -0.2) is 4.39 Å². The minimum absolute atomic E-state index is 0.151. The molecule has 1 unspecified atom stereocenters. The molecule has 0 fully saturated rings. The molecule has 0 amide bonds. The van der Waals surface area contributed by atoms with E-state index in [0.717, 1.165) is 17.3 Å². The summed E-state index contributed by atoms with van der Waals surface area (Å²) in [5, 5.41) is 0.855. The van der Waals surface area contributed by atoms with Gasteiger partial charge in [0, 0.05) is 5.33 Å². The maximum Gasteiger partial charge on any atom is 0.123 e. The van der Waals surface area contributed by atoms with E-state index in [9.17, 15) is 4.39 Å². The van der Waals surface area contributed by atoms with Gasteiger partial charge in [0.15, 0.2) is 0 Å². The smallest absolute Gasteiger partial charge is 0.123 e. The van der Waals surface area contributed by atoms with Gasteiger partial charge in [-0.3, -0.25) is 0 Å². The number of halogens is 2. The summed E-state index contributed by atoms with van der Waals surface area (Å²) in [7, 11) is 0. The predicted molar refractivity (Wildman–Crippen MR) is 85.1 cm³/mol. The Kier molecular flexibility index (Phi) is 4.21. The van der Waals surface area contributed by atoms with Gasteiger partial charge in [0.05, 0.1) is 0 Å². The Morgan fingerprint density at radius 2 is 1.90 bits per heavy atom. The average molecular weight is 333 g/mol. The molecule has 0 heterocycles. The molecule has 0 radical (unpaired) electrons. The van der Waals surface area contributed by atoms with Crippen molar-refractivity contribution in [2.45, 2.75) is 31.6 Å². The minimum Gasteiger partial charge on any atom is -0.207 e. The van der Waals surface area contributed by atoms with E-state index in [1.54, 1.807) is 12.1 Å². The molecule has 1 aliphatic rings. The first-order chi connectivity index (χ1) is 9.76. The van der Waals surface area contributed by atoms with Crippen LogP contribution in [0.5, 0.6) is 0 Å². The lowest BCUT2D eigenvalue weighted by molar-refractivity contribution is 0.621. The molecule has 2 heteroatoms. The lowest BCUT2D eigenvalue weighted by Gasteiger charge is -2.15. The van der Waals surface area contributed by atoms with Crippen LogP contribution in [0.1, 0.15) is 34.6 Å². The van der Waals surface area contributed by atoms with E-state index in [0.29, 0.717) is 5.92 Å². The highest BCUT2D eigenvalue weighted by molar-refractivity contribution is 9.09. The third kappa shape index (κ3) is 2.95. The van der Waals surface area contributed by atoms with Crippen LogP contribution in [-0.2, 0) is 19.3 Å². The summed E-state index contributed by atoms with van der Waals surface area (Å²) in [6.07, 6.45) is 4.68. The summed E-state index contributed by atoms with van der Waals surface area (Å²) in [6.45, 7) is 0. The topological polar surface area (TPSA) is 0 Å². The molecule has 2 aromatic rings. The second-order valence-electron chi connectivity index (χ2n) is 5.57. The largest absolute Gasteiger partial charge is 0.207 e. The summed E-state index contributed by atoms with van der Waals surface area (Å²) in [5.74, 6) is 0.174. The zero-order valence-electron chi connectivity index (χ0n) is 11.4. The zero-order chi connectivity index (χ0) is 13.9. The highest BCUT2D eigenvalue weighted by Gasteiger charge is 2.15. The number of hydrogen-bond acceptors (Lipinski definition) is 0. The highest BCUT2D eigenvalue weighted by Crippen LogP contribution is 2.27. The van der Waals surface area contributed by atoms with Crippen LogP contribution in [-0.4, -0.2) is 5.33 Å². The zero-order valence-corrected chi connectivity index (χ0v) is 13.0. The van der Waals surface area contributed by atoms with Crippen molar-refractivity contribution in [3.8, 4) is 0 Å². The van der Waals surface area contributed by atoms with Gasteiger partial charge < -0.3 is 0 Å². The molecule has 0 bridgehead atoms. The van der Waals surface area contributed by atoms with Crippen LogP contribution in [0.15, 0.2) is 42.5 Å². The number of aryl methyl sites for hydroxylation is 2. The van der Waals surface area contributed by atoms with Gasteiger partial charge in [0.2, 0.25) is 0 Å². The minimum atomic E-state index is -0.151. The molecule has 20 heavy (non-hydrogen) atoms. The number of rotatable bonds is 4. The quantitative estimate of drug-likeness (QED) is 0.688. The monoisotopic (exact) mass is 332 g/mol. The van der Waals surface area contributed by atoms with Crippen LogP contribution >= 0.6 is 15.9 Å². The summed E-state index contributed by atoms with van der Waals surface area (Å²) in [6, 6.07) is 13.8. The van der Waals surface area contributed by atoms with E-state index in [2.05, 4.69) is 34.1 Å². The SMILES string of the molecule is Fc1cccc(C(CBr)Cc2ccc3c(c2)CCC3)c1. The third-order valence-electron chi connectivity index (χ3n) is 4.15. The van der Waals surface area contributed by atoms with Crippen molar-refractivity contribution >= 4 is 15.9 Å². The van der Waals surface area contributed by atoms with E-state index >= 15 is 0 Å². The molecule has 0 saturated heterocycles. The Labute approximate surface area is 128 Å². The molecule has 0 aliphatic heterocycles. The lowest BCUT2D eigenvalue weighted by Crippen LogP contribution is -2.05. The van der Waals surface area contributed by atoms with E-state index in [1.165, 1.54) is 42.0 Å². The fraction of sp³-hybridized carbons (Fsp3) is 0.333. The maximum atomic E-state index is 13.4. The Bertz CT molecular complexity index is 606. The molecular weight excluding hydrogens is 315 g/mol. The number of hydrogen-bond donors (Lipinski definition) is 0. The molecule has 1 aliphatic carbocycles. The molecule has 2 aromatic carbocycles. The normalized spacial score (nSPS) is 15.1. The molecule has 3 rings (SSSR count). The van der Waals surface area contributed by atoms with Gasteiger partial charge in [-0.05, 0) is 66.0 Å². The van der Waals surface area contributed by atoms with E-state index in [1.807, 2.05) is 6.07 Å². The van der Waals surface area contributed by atoms with E-state index in [-0.39, 0.29) is 5.82 Å². The highest BCUT2D eigenvalue weighted by atomic mass is 79.9. The van der Waals surface area contributed by atoms with E-state index in [4.69, 9.17) is 0 Å². The summed E-state index contributed by atoms with van der Waals surface area (Å²) < 4.78 is 13.4.